The average molecular weight is 477 g/mol. The van der Waals surface area contributed by atoms with E-state index in [0.29, 0.717) is 29.3 Å². The van der Waals surface area contributed by atoms with Gasteiger partial charge in [-0.05, 0) is 55.7 Å². The normalized spacial score (nSPS) is 15.4. The van der Waals surface area contributed by atoms with Crippen LogP contribution in [-0.4, -0.2) is 39.5 Å². The lowest BCUT2D eigenvalue weighted by atomic mass is 9.97. The quantitative estimate of drug-likeness (QED) is 0.403. The standard InChI is InChI=1S/C26H28N4O3S/c1-5-21-17(3)27-26(28-25(21)32)34-15-24(31)30-23(19-8-6-16(2)7-9-19)14-22(29-30)18-10-12-20(33-4)13-11-18/h6-13,23H,5,14-15H2,1-4H3,(H,27,28,32)/t23-/m0/s1. The summed E-state index contributed by atoms with van der Waals surface area (Å²) in [4.78, 5) is 32.8. The molecule has 34 heavy (non-hydrogen) atoms. The van der Waals surface area contributed by atoms with Crippen LogP contribution < -0.4 is 10.3 Å². The minimum absolute atomic E-state index is 0.121. The molecule has 1 N–H and O–H groups in total. The van der Waals surface area contributed by atoms with Crippen LogP contribution in [0.2, 0.25) is 0 Å². The Morgan fingerprint density at radius 3 is 2.47 bits per heavy atom. The molecule has 0 aliphatic carbocycles. The predicted octanol–water partition coefficient (Wildman–Crippen LogP) is 4.43. The maximum absolute atomic E-state index is 13.3. The Labute approximate surface area is 203 Å². The van der Waals surface area contributed by atoms with Crippen molar-refractivity contribution in [3.8, 4) is 5.75 Å². The highest BCUT2D eigenvalue weighted by atomic mass is 32.2. The summed E-state index contributed by atoms with van der Waals surface area (Å²) >= 11 is 1.22. The van der Waals surface area contributed by atoms with Gasteiger partial charge in [0.25, 0.3) is 11.5 Å². The van der Waals surface area contributed by atoms with E-state index in [2.05, 4.69) is 9.97 Å². The molecule has 8 heteroatoms. The van der Waals surface area contributed by atoms with E-state index in [1.54, 1.807) is 12.1 Å². The number of benzene rings is 2. The number of nitrogens with zero attached hydrogens (tertiary/aromatic N) is 3. The largest absolute Gasteiger partial charge is 0.497 e. The van der Waals surface area contributed by atoms with Crippen LogP contribution in [0.5, 0.6) is 5.75 Å². The number of aromatic nitrogens is 2. The van der Waals surface area contributed by atoms with Gasteiger partial charge in [-0.25, -0.2) is 9.99 Å². The summed E-state index contributed by atoms with van der Waals surface area (Å²) in [5.74, 6) is 0.752. The van der Waals surface area contributed by atoms with E-state index in [9.17, 15) is 9.59 Å². The van der Waals surface area contributed by atoms with Crippen LogP contribution in [0.15, 0.2) is 63.6 Å². The van der Waals surface area contributed by atoms with Crippen molar-refractivity contribution in [2.24, 2.45) is 5.10 Å². The van der Waals surface area contributed by atoms with Gasteiger partial charge in [-0.15, -0.1) is 0 Å². The molecule has 176 valence electrons. The highest BCUT2D eigenvalue weighted by Crippen LogP contribution is 2.34. The Morgan fingerprint density at radius 1 is 1.15 bits per heavy atom. The van der Waals surface area contributed by atoms with Crippen molar-refractivity contribution < 1.29 is 9.53 Å². The summed E-state index contributed by atoms with van der Waals surface area (Å²) in [5, 5.41) is 6.74. The summed E-state index contributed by atoms with van der Waals surface area (Å²) in [6.45, 7) is 5.78. The van der Waals surface area contributed by atoms with Gasteiger partial charge in [0, 0.05) is 17.7 Å². The number of ether oxygens (including phenoxy) is 1. The first-order chi connectivity index (χ1) is 16.4. The first-order valence-corrected chi connectivity index (χ1v) is 12.2. The molecule has 1 aromatic heterocycles. The van der Waals surface area contributed by atoms with Crippen LogP contribution >= 0.6 is 11.8 Å². The molecular formula is C26H28N4O3S. The second-order valence-corrected chi connectivity index (χ2v) is 9.19. The molecule has 4 rings (SSSR count). The Hall–Kier alpha value is -3.39. The lowest BCUT2D eigenvalue weighted by Gasteiger charge is -2.22. The zero-order valence-corrected chi connectivity index (χ0v) is 20.6. The molecule has 1 atom stereocenters. The Bertz CT molecular complexity index is 1270. The number of hydrogen-bond acceptors (Lipinski definition) is 6. The number of nitrogens with one attached hydrogen (secondary N) is 1. The Balaban J connectivity index is 1.58. The molecule has 0 unspecified atom stereocenters. The molecule has 0 bridgehead atoms. The Morgan fingerprint density at radius 2 is 1.85 bits per heavy atom. The van der Waals surface area contributed by atoms with Crippen LogP contribution in [-0.2, 0) is 11.2 Å². The van der Waals surface area contributed by atoms with Crippen molar-refractivity contribution in [2.75, 3.05) is 12.9 Å². The first kappa shape index (κ1) is 23.8. The minimum atomic E-state index is -0.193. The molecule has 0 saturated carbocycles. The lowest BCUT2D eigenvalue weighted by molar-refractivity contribution is -0.130. The SMILES string of the molecule is CCc1c(C)nc(SCC(=O)N2N=C(c3ccc(OC)cc3)C[C@H]2c2ccc(C)cc2)[nH]c1=O. The number of rotatable bonds is 7. The molecule has 0 saturated heterocycles. The minimum Gasteiger partial charge on any atom is -0.497 e. The number of hydrogen-bond donors (Lipinski definition) is 1. The van der Waals surface area contributed by atoms with E-state index in [-0.39, 0.29) is 23.3 Å². The summed E-state index contributed by atoms with van der Waals surface area (Å²) in [6.07, 6.45) is 1.23. The van der Waals surface area contributed by atoms with Crippen LogP contribution in [0.1, 0.15) is 47.3 Å². The zero-order chi connectivity index (χ0) is 24.2. The zero-order valence-electron chi connectivity index (χ0n) is 19.8. The van der Waals surface area contributed by atoms with Crippen molar-refractivity contribution in [1.82, 2.24) is 15.0 Å². The molecule has 0 spiro atoms. The van der Waals surface area contributed by atoms with Crippen LogP contribution in [0.4, 0.5) is 0 Å². The second-order valence-electron chi connectivity index (χ2n) is 8.22. The highest BCUT2D eigenvalue weighted by Gasteiger charge is 2.33. The highest BCUT2D eigenvalue weighted by molar-refractivity contribution is 7.99. The van der Waals surface area contributed by atoms with Gasteiger partial charge in [-0.3, -0.25) is 9.59 Å². The van der Waals surface area contributed by atoms with Gasteiger partial charge < -0.3 is 9.72 Å². The summed E-state index contributed by atoms with van der Waals surface area (Å²) in [6, 6.07) is 15.7. The molecule has 0 fully saturated rings. The Kier molecular flexibility index (Phi) is 7.17. The van der Waals surface area contributed by atoms with Gasteiger partial charge in [-0.1, -0.05) is 48.5 Å². The molecule has 3 aromatic rings. The van der Waals surface area contributed by atoms with E-state index in [1.165, 1.54) is 11.8 Å². The molecule has 1 amide bonds. The fourth-order valence-electron chi connectivity index (χ4n) is 4.01. The molecule has 1 aliphatic heterocycles. The van der Waals surface area contributed by atoms with E-state index >= 15 is 0 Å². The molecule has 1 aliphatic rings. The van der Waals surface area contributed by atoms with E-state index in [1.807, 2.05) is 69.3 Å². The number of aromatic amines is 1. The fourth-order valence-corrected chi connectivity index (χ4v) is 4.77. The summed E-state index contributed by atoms with van der Waals surface area (Å²) in [5.41, 5.74) is 5.21. The molecule has 7 nitrogen and oxygen atoms in total. The van der Waals surface area contributed by atoms with E-state index < -0.39 is 0 Å². The monoisotopic (exact) mass is 476 g/mol. The van der Waals surface area contributed by atoms with Gasteiger partial charge >= 0.3 is 0 Å². The molecule has 2 heterocycles. The number of amides is 1. The number of aryl methyl sites for hydroxylation is 2. The third-order valence-corrected chi connectivity index (χ3v) is 6.80. The number of carbonyl (C=O) groups is 1. The number of H-pyrrole nitrogens is 1. The van der Waals surface area contributed by atoms with Gasteiger partial charge in [0.1, 0.15) is 5.75 Å². The third kappa shape index (κ3) is 5.07. The van der Waals surface area contributed by atoms with Crippen LogP contribution in [0.3, 0.4) is 0 Å². The van der Waals surface area contributed by atoms with Crippen LogP contribution in [0, 0.1) is 13.8 Å². The van der Waals surface area contributed by atoms with Crippen molar-refractivity contribution in [3.05, 3.63) is 86.8 Å². The van der Waals surface area contributed by atoms with E-state index in [4.69, 9.17) is 9.84 Å². The maximum atomic E-state index is 13.3. The van der Waals surface area contributed by atoms with Gasteiger partial charge in [0.2, 0.25) is 0 Å². The third-order valence-electron chi connectivity index (χ3n) is 5.94. The summed E-state index contributed by atoms with van der Waals surface area (Å²) < 4.78 is 5.26. The molecule has 2 aromatic carbocycles. The van der Waals surface area contributed by atoms with E-state index in [0.717, 1.165) is 28.2 Å². The topological polar surface area (TPSA) is 87.7 Å². The smallest absolute Gasteiger partial charge is 0.254 e. The summed E-state index contributed by atoms with van der Waals surface area (Å²) in [7, 11) is 1.63. The van der Waals surface area contributed by atoms with Crippen molar-refractivity contribution >= 4 is 23.4 Å². The number of methoxy groups -OCH3 is 1. The maximum Gasteiger partial charge on any atom is 0.254 e. The number of hydrazone groups is 1. The first-order valence-electron chi connectivity index (χ1n) is 11.2. The van der Waals surface area contributed by atoms with Gasteiger partial charge in [0.15, 0.2) is 5.16 Å². The van der Waals surface area contributed by atoms with Crippen molar-refractivity contribution in [3.63, 3.8) is 0 Å². The van der Waals surface area contributed by atoms with Crippen molar-refractivity contribution in [2.45, 2.75) is 44.8 Å². The lowest BCUT2D eigenvalue weighted by Crippen LogP contribution is -2.29. The molecular weight excluding hydrogens is 448 g/mol. The number of carbonyl (C=O) groups excluding carboxylic acids is 1. The fraction of sp³-hybridized carbons (Fsp3) is 0.308. The van der Waals surface area contributed by atoms with Crippen LogP contribution in [0.25, 0.3) is 0 Å². The van der Waals surface area contributed by atoms with Crippen molar-refractivity contribution in [1.29, 1.82) is 0 Å². The second kappa shape index (κ2) is 10.3. The molecule has 0 radical (unpaired) electrons. The predicted molar refractivity (Wildman–Crippen MR) is 135 cm³/mol. The number of thioether (sulfide) groups is 1. The average Bonchev–Trinajstić information content (AvgIpc) is 3.28. The van der Waals surface area contributed by atoms with Gasteiger partial charge in [-0.2, -0.15) is 5.10 Å². The van der Waals surface area contributed by atoms with Gasteiger partial charge in [0.05, 0.1) is 24.6 Å².